The first kappa shape index (κ1) is 12.9. The van der Waals surface area contributed by atoms with Gasteiger partial charge in [0.1, 0.15) is 6.61 Å². The summed E-state index contributed by atoms with van der Waals surface area (Å²) < 4.78 is 9.26. The Balaban J connectivity index is 2.13. The Morgan fingerprint density at radius 1 is 1.59 bits per heavy atom. The molecule has 1 amide bonds. The van der Waals surface area contributed by atoms with E-state index >= 15 is 0 Å². The minimum atomic E-state index is -0.504. The van der Waals surface area contributed by atoms with Crippen molar-refractivity contribution in [1.29, 1.82) is 0 Å². The van der Waals surface area contributed by atoms with Crippen LogP contribution in [0.3, 0.4) is 0 Å². The van der Waals surface area contributed by atoms with E-state index in [-0.39, 0.29) is 25.5 Å². The van der Waals surface area contributed by atoms with Crippen LogP contribution in [0.1, 0.15) is 19.2 Å². The number of carbonyl (C=O) groups excluding carboxylic acids is 2. The molecule has 7 nitrogen and oxygen atoms in total. The number of esters is 1. The molecule has 0 bridgehead atoms. The molecule has 0 aliphatic heterocycles. The molecule has 1 rings (SSSR count). The molecule has 1 aromatic heterocycles. The fourth-order valence-corrected chi connectivity index (χ4v) is 0.896. The van der Waals surface area contributed by atoms with Crippen LogP contribution < -0.4 is 5.32 Å². The number of aromatic nitrogens is 2. The summed E-state index contributed by atoms with van der Waals surface area (Å²) in [5.74, 6) is -0.377. The SMILES string of the molecule is C=C(C)C(=O)OCCC(=O)NCc1ncon1. The standard InChI is InChI=1S/C10H13N3O4/c1-7(2)10(15)16-4-3-9(14)11-5-8-12-6-17-13-8/h6H,1,3-5H2,2H3,(H,11,14). The van der Waals surface area contributed by atoms with E-state index in [0.717, 1.165) is 0 Å². The normalized spacial score (nSPS) is 9.71. The number of hydrogen-bond donors (Lipinski definition) is 1. The van der Waals surface area contributed by atoms with E-state index < -0.39 is 5.97 Å². The number of amides is 1. The van der Waals surface area contributed by atoms with E-state index in [4.69, 9.17) is 4.74 Å². The van der Waals surface area contributed by atoms with Crippen molar-refractivity contribution in [3.8, 4) is 0 Å². The first-order chi connectivity index (χ1) is 8.09. The molecule has 92 valence electrons. The molecule has 0 unspecified atom stereocenters. The molecular weight excluding hydrogens is 226 g/mol. The van der Waals surface area contributed by atoms with Crippen LogP contribution in [0, 0.1) is 0 Å². The molecular formula is C10H13N3O4. The van der Waals surface area contributed by atoms with Crippen molar-refractivity contribution < 1.29 is 18.8 Å². The fraction of sp³-hybridized carbons (Fsp3) is 0.400. The smallest absolute Gasteiger partial charge is 0.333 e. The van der Waals surface area contributed by atoms with Crippen molar-refractivity contribution in [3.05, 3.63) is 24.4 Å². The van der Waals surface area contributed by atoms with Gasteiger partial charge in [0.25, 0.3) is 0 Å². The maximum Gasteiger partial charge on any atom is 0.333 e. The highest BCUT2D eigenvalue weighted by molar-refractivity contribution is 5.87. The van der Waals surface area contributed by atoms with Gasteiger partial charge in [-0.2, -0.15) is 4.98 Å². The van der Waals surface area contributed by atoms with E-state index in [1.54, 1.807) is 6.92 Å². The second-order valence-electron chi connectivity index (χ2n) is 3.29. The van der Waals surface area contributed by atoms with Gasteiger partial charge in [0.05, 0.1) is 13.0 Å². The van der Waals surface area contributed by atoms with Crippen molar-refractivity contribution in [1.82, 2.24) is 15.5 Å². The van der Waals surface area contributed by atoms with Gasteiger partial charge in [-0.15, -0.1) is 0 Å². The monoisotopic (exact) mass is 239 g/mol. The highest BCUT2D eigenvalue weighted by Gasteiger charge is 2.07. The molecule has 1 heterocycles. The molecule has 0 spiro atoms. The van der Waals surface area contributed by atoms with Gasteiger partial charge in [-0.05, 0) is 6.92 Å². The molecule has 0 atom stereocenters. The maximum absolute atomic E-state index is 11.3. The maximum atomic E-state index is 11.3. The van der Waals surface area contributed by atoms with Crippen LogP contribution in [0.15, 0.2) is 23.1 Å². The minimum absolute atomic E-state index is 0.0176. The molecule has 17 heavy (non-hydrogen) atoms. The van der Waals surface area contributed by atoms with E-state index in [0.29, 0.717) is 11.4 Å². The predicted octanol–water partition coefficient (Wildman–Crippen LogP) is 0.195. The quantitative estimate of drug-likeness (QED) is 0.562. The Hall–Kier alpha value is -2.18. The van der Waals surface area contributed by atoms with Gasteiger partial charge >= 0.3 is 5.97 Å². The van der Waals surface area contributed by atoms with Crippen LogP contribution in [-0.2, 0) is 20.9 Å². The Morgan fingerprint density at radius 3 is 2.94 bits per heavy atom. The van der Waals surface area contributed by atoms with Crippen LogP contribution in [0.2, 0.25) is 0 Å². The molecule has 0 saturated carbocycles. The predicted molar refractivity (Wildman–Crippen MR) is 56.5 cm³/mol. The van der Waals surface area contributed by atoms with Gasteiger partial charge in [-0.1, -0.05) is 11.7 Å². The van der Waals surface area contributed by atoms with Crippen molar-refractivity contribution in [2.24, 2.45) is 0 Å². The number of ether oxygens (including phenoxy) is 1. The summed E-state index contributed by atoms with van der Waals surface area (Å²) in [7, 11) is 0. The third-order valence-electron chi connectivity index (χ3n) is 1.76. The van der Waals surface area contributed by atoms with E-state index in [1.165, 1.54) is 6.39 Å². The van der Waals surface area contributed by atoms with Gasteiger partial charge in [-0.25, -0.2) is 4.79 Å². The lowest BCUT2D eigenvalue weighted by Crippen LogP contribution is -2.25. The lowest BCUT2D eigenvalue weighted by molar-refractivity contribution is -0.139. The number of nitrogens with one attached hydrogen (secondary N) is 1. The molecule has 1 N–H and O–H groups in total. The Bertz CT molecular complexity index is 400. The minimum Gasteiger partial charge on any atom is -0.462 e. The van der Waals surface area contributed by atoms with Gasteiger partial charge in [0.2, 0.25) is 12.3 Å². The van der Waals surface area contributed by atoms with Crippen molar-refractivity contribution >= 4 is 11.9 Å². The zero-order chi connectivity index (χ0) is 12.7. The fourth-order valence-electron chi connectivity index (χ4n) is 0.896. The van der Waals surface area contributed by atoms with Crippen LogP contribution in [0.5, 0.6) is 0 Å². The molecule has 0 saturated heterocycles. The van der Waals surface area contributed by atoms with E-state index in [2.05, 4.69) is 26.6 Å². The average molecular weight is 239 g/mol. The highest BCUT2D eigenvalue weighted by Crippen LogP contribution is 1.94. The van der Waals surface area contributed by atoms with E-state index in [9.17, 15) is 9.59 Å². The summed E-state index contributed by atoms with van der Waals surface area (Å²) in [5, 5.41) is 6.07. The highest BCUT2D eigenvalue weighted by atomic mass is 16.5. The number of nitrogens with zero attached hydrogens (tertiary/aromatic N) is 2. The summed E-state index contributed by atoms with van der Waals surface area (Å²) in [6.45, 7) is 5.16. The molecule has 0 fully saturated rings. The molecule has 0 aliphatic rings. The lowest BCUT2D eigenvalue weighted by atomic mass is 10.3. The van der Waals surface area contributed by atoms with Crippen molar-refractivity contribution in [2.45, 2.75) is 19.9 Å². The lowest BCUT2D eigenvalue weighted by Gasteiger charge is -2.04. The first-order valence-electron chi connectivity index (χ1n) is 4.94. The zero-order valence-corrected chi connectivity index (χ0v) is 9.43. The molecule has 1 aromatic rings. The molecule has 0 radical (unpaired) electrons. The van der Waals surface area contributed by atoms with Crippen molar-refractivity contribution in [3.63, 3.8) is 0 Å². The number of hydrogen-bond acceptors (Lipinski definition) is 6. The topological polar surface area (TPSA) is 94.3 Å². The molecule has 0 aliphatic carbocycles. The number of carbonyl (C=O) groups is 2. The molecule has 0 aromatic carbocycles. The van der Waals surface area contributed by atoms with Crippen LogP contribution >= 0.6 is 0 Å². The van der Waals surface area contributed by atoms with Gasteiger partial charge in [-0.3, -0.25) is 4.79 Å². The first-order valence-corrected chi connectivity index (χ1v) is 4.94. The van der Waals surface area contributed by atoms with Crippen molar-refractivity contribution in [2.75, 3.05) is 6.61 Å². The van der Waals surface area contributed by atoms with Crippen LogP contribution in [0.4, 0.5) is 0 Å². The molecule has 7 heteroatoms. The van der Waals surface area contributed by atoms with Gasteiger partial charge in [0.15, 0.2) is 5.82 Å². The Labute approximate surface area is 97.8 Å². The average Bonchev–Trinajstić information content (AvgIpc) is 2.78. The third kappa shape index (κ3) is 4.92. The largest absolute Gasteiger partial charge is 0.462 e. The summed E-state index contributed by atoms with van der Waals surface area (Å²) in [4.78, 5) is 26.0. The zero-order valence-electron chi connectivity index (χ0n) is 9.43. The van der Waals surface area contributed by atoms with Crippen LogP contribution in [0.25, 0.3) is 0 Å². The van der Waals surface area contributed by atoms with Gasteiger partial charge < -0.3 is 14.6 Å². The summed E-state index contributed by atoms with van der Waals surface area (Å²) in [6, 6.07) is 0. The third-order valence-corrected chi connectivity index (χ3v) is 1.76. The summed E-state index contributed by atoms with van der Waals surface area (Å²) in [5.41, 5.74) is 0.303. The van der Waals surface area contributed by atoms with E-state index in [1.807, 2.05) is 0 Å². The van der Waals surface area contributed by atoms with Crippen LogP contribution in [-0.4, -0.2) is 28.6 Å². The summed E-state index contributed by atoms with van der Waals surface area (Å²) in [6.07, 6.45) is 1.26. The second kappa shape index (κ2) is 6.41. The Kier molecular flexibility index (Phi) is 4.86. The summed E-state index contributed by atoms with van der Waals surface area (Å²) >= 11 is 0. The number of rotatable bonds is 6. The van der Waals surface area contributed by atoms with Gasteiger partial charge in [0, 0.05) is 5.57 Å². The Morgan fingerprint density at radius 2 is 2.35 bits per heavy atom. The second-order valence-corrected chi connectivity index (χ2v) is 3.29.